The molecule has 0 aromatic heterocycles. The molecule has 4 nitrogen and oxygen atoms in total. The average Bonchev–Trinajstić information content (AvgIpc) is 2.44. The highest BCUT2D eigenvalue weighted by molar-refractivity contribution is 6.19. The fourth-order valence-electron chi connectivity index (χ4n) is 1.66. The summed E-state index contributed by atoms with van der Waals surface area (Å²) < 4.78 is 16.0. The molecule has 0 aromatic rings. The van der Waals surface area contributed by atoms with E-state index < -0.39 is 0 Å². The van der Waals surface area contributed by atoms with Crippen LogP contribution >= 0.6 is 0 Å². The van der Waals surface area contributed by atoms with Crippen LogP contribution in [0.2, 0.25) is 0 Å². The molecule has 1 aliphatic carbocycles. The Morgan fingerprint density at radius 1 is 1.27 bits per heavy atom. The molecule has 0 amide bonds. The number of allylic oxidation sites excluding steroid dienone is 7. The molecule has 22 heavy (non-hydrogen) atoms. The Morgan fingerprint density at radius 2 is 2.00 bits per heavy atom. The Labute approximate surface area is 131 Å². The third-order valence-corrected chi connectivity index (χ3v) is 2.68. The largest absolute Gasteiger partial charge is 0.507 e. The number of hydrogen-bond acceptors (Lipinski definition) is 2. The summed E-state index contributed by atoms with van der Waals surface area (Å²) in [6.45, 7) is 10.2. The van der Waals surface area contributed by atoms with Crippen molar-refractivity contribution in [3.05, 3.63) is 59.4 Å². The van der Waals surface area contributed by atoms with Gasteiger partial charge >= 0.3 is 18.4 Å². The lowest BCUT2D eigenvalue weighted by molar-refractivity contribution is -0.503. The molecule has 118 valence electrons. The highest BCUT2D eigenvalue weighted by Crippen LogP contribution is 2.16. The van der Waals surface area contributed by atoms with Gasteiger partial charge in [0.1, 0.15) is 11.3 Å². The van der Waals surface area contributed by atoms with Gasteiger partial charge in [0.05, 0.1) is 18.2 Å². The third-order valence-electron chi connectivity index (χ3n) is 2.68. The minimum Gasteiger partial charge on any atom is -0.507 e. The molecule has 4 heteroatoms. The zero-order valence-electron chi connectivity index (χ0n) is 13.7. The van der Waals surface area contributed by atoms with Crippen molar-refractivity contribution in [1.29, 1.82) is 0 Å². The maximum absolute atomic E-state index is 10.2. The van der Waals surface area contributed by atoms with Crippen molar-refractivity contribution in [2.75, 3.05) is 20.5 Å². The standard InChI is InChI=1S/C18H23O4/c1-13(2)8-9-21-18-7-6-15(22-12-20-5)11-16(18)17(19)10-14(3)4/h6-8,10-11H,3,9,12H2,1-2,4-5H3/q+1/p+1/b17-10-. The van der Waals surface area contributed by atoms with Gasteiger partial charge in [0.25, 0.3) is 6.61 Å². The molecule has 1 rings (SSSR count). The number of carbonyl (C=O) groups excluding carboxylic acids is 2. The Morgan fingerprint density at radius 3 is 2.59 bits per heavy atom. The van der Waals surface area contributed by atoms with Crippen molar-refractivity contribution >= 4 is 11.6 Å². The fourth-order valence-corrected chi connectivity index (χ4v) is 1.66. The predicted octanol–water partition coefficient (Wildman–Crippen LogP) is 3.28. The van der Waals surface area contributed by atoms with Crippen LogP contribution < -0.4 is 0 Å². The Hall–Kier alpha value is -2.20. The van der Waals surface area contributed by atoms with E-state index in [2.05, 4.69) is 6.58 Å². The second kappa shape index (κ2) is 8.95. The molecule has 0 fully saturated rings. The molecule has 0 heterocycles. The van der Waals surface area contributed by atoms with Gasteiger partial charge in [-0.3, -0.25) is 0 Å². The molecule has 0 saturated carbocycles. The van der Waals surface area contributed by atoms with Gasteiger partial charge in [0.15, 0.2) is 0 Å². The monoisotopic (exact) mass is 304 g/mol. The van der Waals surface area contributed by atoms with E-state index in [0.717, 1.165) is 5.57 Å². The van der Waals surface area contributed by atoms with Crippen LogP contribution in [0.4, 0.5) is 0 Å². The SMILES string of the molecule is C=C(C)/C=C(\O)C1=CC(=[O+]COC)C=CC1=[O+]CC=C(C)C. The number of rotatable bonds is 6. The molecule has 0 aromatic carbocycles. The quantitative estimate of drug-likeness (QED) is 0.204. The smallest absolute Gasteiger partial charge is 0.372 e. The first-order valence-electron chi connectivity index (χ1n) is 7.02. The van der Waals surface area contributed by atoms with Gasteiger partial charge in [-0.15, -0.1) is 0 Å². The third kappa shape index (κ3) is 6.06. The van der Waals surface area contributed by atoms with Gasteiger partial charge < -0.3 is 9.84 Å². The Kier molecular flexibility index (Phi) is 7.26. The summed E-state index contributed by atoms with van der Waals surface area (Å²) in [6.07, 6.45) is 8.81. The van der Waals surface area contributed by atoms with Gasteiger partial charge in [0, 0.05) is 13.2 Å². The van der Waals surface area contributed by atoms with Crippen molar-refractivity contribution in [2.24, 2.45) is 0 Å². The summed E-state index contributed by atoms with van der Waals surface area (Å²) in [5.74, 6) is 1.26. The number of hydrogen-bond donors (Lipinski definition) is 1. The number of methoxy groups -OCH3 is 1. The number of ketones is 2. The van der Waals surface area contributed by atoms with E-state index in [4.69, 9.17) is 13.6 Å². The lowest BCUT2D eigenvalue weighted by Crippen LogP contribution is -2.14. The van der Waals surface area contributed by atoms with Crippen LogP contribution in [-0.4, -0.2) is 37.2 Å². The van der Waals surface area contributed by atoms with E-state index in [9.17, 15) is 5.11 Å². The van der Waals surface area contributed by atoms with Crippen molar-refractivity contribution in [1.82, 2.24) is 0 Å². The molecular formula is C18H24O4+2. The van der Waals surface area contributed by atoms with E-state index in [-0.39, 0.29) is 12.6 Å². The molecule has 0 spiro atoms. The first-order valence-corrected chi connectivity index (χ1v) is 7.02. The topological polar surface area (TPSA) is 52.1 Å². The minimum atomic E-state index is 0.0857. The average molecular weight is 304 g/mol. The summed E-state index contributed by atoms with van der Waals surface area (Å²) in [5.41, 5.74) is 2.47. The molecule has 1 aliphatic rings. The van der Waals surface area contributed by atoms with Crippen LogP contribution in [0.5, 0.6) is 0 Å². The molecule has 0 saturated heterocycles. The molecule has 1 N–H and O–H groups in total. The zero-order valence-corrected chi connectivity index (χ0v) is 13.7. The number of ether oxygens (including phenoxy) is 1. The molecule has 0 unspecified atom stereocenters. The van der Waals surface area contributed by atoms with Gasteiger partial charge in [-0.25, -0.2) is 8.85 Å². The summed E-state index contributed by atoms with van der Waals surface area (Å²) >= 11 is 0. The maximum Gasteiger partial charge on any atom is 0.372 e. The van der Waals surface area contributed by atoms with Crippen LogP contribution in [0.3, 0.4) is 0 Å². The molecular weight excluding hydrogens is 280 g/mol. The molecule has 0 aliphatic heterocycles. The lowest BCUT2D eigenvalue weighted by Gasteiger charge is -2.02. The predicted molar refractivity (Wildman–Crippen MR) is 88.9 cm³/mol. The van der Waals surface area contributed by atoms with Crippen molar-refractivity contribution in [2.45, 2.75) is 20.8 Å². The highest BCUT2D eigenvalue weighted by Gasteiger charge is 2.27. The second-order valence-electron chi connectivity index (χ2n) is 5.18. The second-order valence-corrected chi connectivity index (χ2v) is 5.18. The van der Waals surface area contributed by atoms with Crippen LogP contribution in [0.15, 0.2) is 59.4 Å². The zero-order chi connectivity index (χ0) is 16.5. The molecule has 0 bridgehead atoms. The van der Waals surface area contributed by atoms with Crippen LogP contribution in [0, 0.1) is 0 Å². The summed E-state index contributed by atoms with van der Waals surface area (Å²) in [5, 5.41) is 10.2. The van der Waals surface area contributed by atoms with E-state index >= 15 is 0 Å². The van der Waals surface area contributed by atoms with E-state index in [1.807, 2.05) is 26.8 Å². The fraction of sp³-hybridized carbons (Fsp3) is 0.333. The van der Waals surface area contributed by atoms with Gasteiger partial charge in [0.2, 0.25) is 0 Å². The Balaban J connectivity index is 3.14. The number of aliphatic hydroxyl groups is 1. The van der Waals surface area contributed by atoms with Crippen molar-refractivity contribution in [3.8, 4) is 0 Å². The van der Waals surface area contributed by atoms with Crippen molar-refractivity contribution < 1.29 is 18.7 Å². The van der Waals surface area contributed by atoms with Gasteiger partial charge in [-0.05, 0) is 26.8 Å². The highest BCUT2D eigenvalue weighted by atomic mass is 16.6. The minimum absolute atomic E-state index is 0.0857. The van der Waals surface area contributed by atoms with Gasteiger partial charge in [-0.2, -0.15) is 0 Å². The summed E-state index contributed by atoms with van der Waals surface area (Å²) in [7, 11) is 1.55. The summed E-state index contributed by atoms with van der Waals surface area (Å²) in [6, 6.07) is 0. The van der Waals surface area contributed by atoms with Crippen molar-refractivity contribution in [3.63, 3.8) is 0 Å². The maximum atomic E-state index is 10.2. The normalized spacial score (nSPS) is 18.5. The summed E-state index contributed by atoms with van der Waals surface area (Å²) in [4.78, 5) is 0. The van der Waals surface area contributed by atoms with Crippen LogP contribution in [0.25, 0.3) is 0 Å². The Bertz CT molecular complexity index is 595. The first-order chi connectivity index (χ1) is 10.4. The lowest BCUT2D eigenvalue weighted by atomic mass is 10.0. The van der Waals surface area contributed by atoms with E-state index in [1.165, 1.54) is 5.57 Å². The van der Waals surface area contributed by atoms with E-state index in [1.54, 1.807) is 31.4 Å². The van der Waals surface area contributed by atoms with Gasteiger partial charge in [-0.1, -0.05) is 17.7 Å². The van der Waals surface area contributed by atoms with E-state index in [0.29, 0.717) is 23.7 Å². The van der Waals surface area contributed by atoms with Crippen LogP contribution in [0.1, 0.15) is 20.8 Å². The molecule has 0 radical (unpaired) electrons. The number of aliphatic hydroxyl groups excluding tert-OH is 1. The van der Waals surface area contributed by atoms with Crippen LogP contribution in [-0.2, 0) is 13.6 Å². The molecule has 0 atom stereocenters. The first kappa shape index (κ1) is 17.9.